The highest BCUT2D eigenvalue weighted by Gasteiger charge is 2.19. The summed E-state index contributed by atoms with van der Waals surface area (Å²) >= 11 is 0. The summed E-state index contributed by atoms with van der Waals surface area (Å²) in [5.74, 6) is -1.05. The van der Waals surface area contributed by atoms with Gasteiger partial charge in [-0.3, -0.25) is 14.3 Å². The molecule has 1 fully saturated rings. The second-order valence-electron chi connectivity index (χ2n) is 4.89. The number of rotatable bonds is 5. The van der Waals surface area contributed by atoms with Gasteiger partial charge in [0.1, 0.15) is 5.69 Å². The summed E-state index contributed by atoms with van der Waals surface area (Å²) in [6.07, 6.45) is 7.09. The molecule has 0 bridgehead atoms. The fourth-order valence-corrected chi connectivity index (χ4v) is 2.41. The van der Waals surface area contributed by atoms with Crippen LogP contribution in [0.2, 0.25) is 0 Å². The Morgan fingerprint density at radius 3 is 2.79 bits per heavy atom. The number of hydrogen-bond donors (Lipinski definition) is 2. The number of aromatic nitrogens is 2. The van der Waals surface area contributed by atoms with Gasteiger partial charge in [0, 0.05) is 12.2 Å². The van der Waals surface area contributed by atoms with Gasteiger partial charge < -0.3 is 10.4 Å². The maximum atomic E-state index is 12.1. The van der Waals surface area contributed by atoms with E-state index >= 15 is 0 Å². The number of carboxylic acid groups (broad SMARTS) is 1. The monoisotopic (exact) mass is 265 g/mol. The first kappa shape index (κ1) is 13.6. The Labute approximate surface area is 111 Å². The molecule has 1 aromatic heterocycles. The van der Waals surface area contributed by atoms with Gasteiger partial charge in [-0.05, 0) is 18.9 Å². The van der Waals surface area contributed by atoms with Gasteiger partial charge in [0.05, 0.1) is 13.0 Å². The van der Waals surface area contributed by atoms with E-state index in [1.165, 1.54) is 17.3 Å². The normalized spacial score (nSPS) is 16.2. The molecule has 0 spiro atoms. The molecule has 6 nitrogen and oxygen atoms in total. The van der Waals surface area contributed by atoms with Crippen molar-refractivity contribution in [2.24, 2.45) is 0 Å². The summed E-state index contributed by atoms with van der Waals surface area (Å²) in [4.78, 5) is 22.7. The van der Waals surface area contributed by atoms with Gasteiger partial charge in [-0.15, -0.1) is 0 Å². The first-order valence-corrected chi connectivity index (χ1v) is 6.71. The van der Waals surface area contributed by atoms with Crippen LogP contribution in [0.25, 0.3) is 0 Å². The van der Waals surface area contributed by atoms with Gasteiger partial charge in [0.2, 0.25) is 0 Å². The van der Waals surface area contributed by atoms with Crippen molar-refractivity contribution in [2.75, 3.05) is 0 Å². The van der Waals surface area contributed by atoms with Crippen LogP contribution in [0.3, 0.4) is 0 Å². The van der Waals surface area contributed by atoms with Crippen molar-refractivity contribution in [3.63, 3.8) is 0 Å². The molecule has 0 aromatic carbocycles. The van der Waals surface area contributed by atoms with E-state index < -0.39 is 5.97 Å². The first-order valence-electron chi connectivity index (χ1n) is 6.71. The SMILES string of the molecule is O=C(O)CCn1nccc1C(=O)NC1CCCCC1. The Morgan fingerprint density at radius 1 is 1.37 bits per heavy atom. The minimum absolute atomic E-state index is 0.0363. The van der Waals surface area contributed by atoms with E-state index in [1.807, 2.05) is 0 Å². The second kappa shape index (κ2) is 6.36. The minimum Gasteiger partial charge on any atom is -0.481 e. The maximum absolute atomic E-state index is 12.1. The molecule has 1 amide bonds. The molecule has 0 unspecified atom stereocenters. The van der Waals surface area contributed by atoms with Crippen molar-refractivity contribution in [3.8, 4) is 0 Å². The number of nitrogens with one attached hydrogen (secondary N) is 1. The Kier molecular flexibility index (Phi) is 4.54. The third-order valence-electron chi connectivity index (χ3n) is 3.43. The highest BCUT2D eigenvalue weighted by Crippen LogP contribution is 2.17. The number of hydrogen-bond acceptors (Lipinski definition) is 3. The number of aliphatic carboxylic acids is 1. The van der Waals surface area contributed by atoms with E-state index in [4.69, 9.17) is 5.11 Å². The Hall–Kier alpha value is -1.85. The summed E-state index contributed by atoms with van der Waals surface area (Å²) in [7, 11) is 0. The topological polar surface area (TPSA) is 84.2 Å². The highest BCUT2D eigenvalue weighted by molar-refractivity contribution is 5.92. The molecule has 1 heterocycles. The lowest BCUT2D eigenvalue weighted by molar-refractivity contribution is -0.137. The molecule has 2 N–H and O–H groups in total. The fourth-order valence-electron chi connectivity index (χ4n) is 2.41. The summed E-state index contributed by atoms with van der Waals surface area (Å²) in [5, 5.41) is 15.7. The van der Waals surface area contributed by atoms with Gasteiger partial charge in [-0.25, -0.2) is 0 Å². The van der Waals surface area contributed by atoms with Crippen LogP contribution in [0, 0.1) is 0 Å². The minimum atomic E-state index is -0.894. The third kappa shape index (κ3) is 3.81. The zero-order valence-corrected chi connectivity index (χ0v) is 10.8. The molecule has 1 aliphatic carbocycles. The molecule has 0 aliphatic heterocycles. The average molecular weight is 265 g/mol. The molecule has 1 saturated carbocycles. The summed E-state index contributed by atoms with van der Waals surface area (Å²) in [5.41, 5.74) is 0.437. The van der Waals surface area contributed by atoms with E-state index in [-0.39, 0.29) is 24.9 Å². The first-order chi connectivity index (χ1) is 9.16. The van der Waals surface area contributed by atoms with E-state index in [2.05, 4.69) is 10.4 Å². The number of carbonyl (C=O) groups is 2. The third-order valence-corrected chi connectivity index (χ3v) is 3.43. The van der Waals surface area contributed by atoms with Crippen molar-refractivity contribution in [2.45, 2.75) is 51.1 Å². The number of carbonyl (C=O) groups excluding carboxylic acids is 1. The Morgan fingerprint density at radius 2 is 2.11 bits per heavy atom. The fraction of sp³-hybridized carbons (Fsp3) is 0.615. The molecule has 0 radical (unpaired) electrons. The van der Waals surface area contributed by atoms with Gasteiger partial charge >= 0.3 is 5.97 Å². The van der Waals surface area contributed by atoms with Crippen LogP contribution in [0.1, 0.15) is 49.0 Å². The number of carboxylic acids is 1. The van der Waals surface area contributed by atoms with Crippen molar-refractivity contribution in [1.82, 2.24) is 15.1 Å². The van der Waals surface area contributed by atoms with E-state index in [9.17, 15) is 9.59 Å². The van der Waals surface area contributed by atoms with Crippen LogP contribution >= 0.6 is 0 Å². The van der Waals surface area contributed by atoms with Crippen molar-refractivity contribution >= 4 is 11.9 Å². The van der Waals surface area contributed by atoms with Gasteiger partial charge in [-0.2, -0.15) is 5.10 Å². The van der Waals surface area contributed by atoms with Crippen LogP contribution in [-0.2, 0) is 11.3 Å². The predicted molar refractivity (Wildman–Crippen MR) is 68.8 cm³/mol. The van der Waals surface area contributed by atoms with Gasteiger partial charge in [0.15, 0.2) is 0 Å². The van der Waals surface area contributed by atoms with Crippen molar-refractivity contribution < 1.29 is 14.7 Å². The quantitative estimate of drug-likeness (QED) is 0.843. The Balaban J connectivity index is 1.94. The van der Waals surface area contributed by atoms with E-state index in [0.717, 1.165) is 25.7 Å². The van der Waals surface area contributed by atoms with Crippen LogP contribution < -0.4 is 5.32 Å². The predicted octanol–water partition coefficient (Wildman–Crippen LogP) is 1.42. The standard InChI is InChI=1S/C13H19N3O3/c17-12(18)7-9-16-11(6-8-14-16)13(19)15-10-4-2-1-3-5-10/h6,8,10H,1-5,7,9H2,(H,15,19)(H,17,18). The summed E-state index contributed by atoms with van der Waals surface area (Å²) < 4.78 is 1.45. The highest BCUT2D eigenvalue weighted by atomic mass is 16.4. The van der Waals surface area contributed by atoms with Crippen LogP contribution in [0.5, 0.6) is 0 Å². The lowest BCUT2D eigenvalue weighted by Crippen LogP contribution is -2.37. The smallest absolute Gasteiger partial charge is 0.305 e. The average Bonchev–Trinajstić information content (AvgIpc) is 2.86. The number of nitrogens with zero attached hydrogens (tertiary/aromatic N) is 2. The second-order valence-corrected chi connectivity index (χ2v) is 4.89. The molecule has 0 atom stereocenters. The lowest BCUT2D eigenvalue weighted by atomic mass is 9.95. The largest absolute Gasteiger partial charge is 0.481 e. The lowest BCUT2D eigenvalue weighted by Gasteiger charge is -2.22. The van der Waals surface area contributed by atoms with E-state index in [0.29, 0.717) is 5.69 Å². The van der Waals surface area contributed by atoms with Crippen molar-refractivity contribution in [3.05, 3.63) is 18.0 Å². The van der Waals surface area contributed by atoms with Gasteiger partial charge in [-0.1, -0.05) is 19.3 Å². The molecule has 1 aromatic rings. The summed E-state index contributed by atoms with van der Waals surface area (Å²) in [6.45, 7) is 0.218. The number of aryl methyl sites for hydroxylation is 1. The molecule has 19 heavy (non-hydrogen) atoms. The molecule has 104 valence electrons. The molecular formula is C13H19N3O3. The van der Waals surface area contributed by atoms with Crippen LogP contribution in [-0.4, -0.2) is 32.8 Å². The zero-order valence-electron chi connectivity index (χ0n) is 10.8. The molecule has 2 rings (SSSR count). The van der Waals surface area contributed by atoms with Gasteiger partial charge in [0.25, 0.3) is 5.91 Å². The zero-order chi connectivity index (χ0) is 13.7. The number of amides is 1. The Bertz CT molecular complexity index is 450. The molecule has 1 aliphatic rings. The molecule has 0 saturated heterocycles. The molecular weight excluding hydrogens is 246 g/mol. The van der Waals surface area contributed by atoms with E-state index in [1.54, 1.807) is 6.07 Å². The molecule has 6 heteroatoms. The summed E-state index contributed by atoms with van der Waals surface area (Å²) in [6, 6.07) is 1.86. The maximum Gasteiger partial charge on any atom is 0.305 e. The van der Waals surface area contributed by atoms with Crippen LogP contribution in [0.4, 0.5) is 0 Å². The van der Waals surface area contributed by atoms with Crippen molar-refractivity contribution in [1.29, 1.82) is 0 Å². The van der Waals surface area contributed by atoms with Crippen LogP contribution in [0.15, 0.2) is 12.3 Å².